The maximum absolute atomic E-state index is 10.4. The van der Waals surface area contributed by atoms with Gasteiger partial charge in [0.2, 0.25) is 0 Å². The number of carbonyl (C=O) groups is 1. The zero-order chi connectivity index (χ0) is 6.69. The molecule has 11 heavy (non-hydrogen) atoms. The molecule has 0 unspecified atom stereocenters. The first-order valence-corrected chi connectivity index (χ1v) is 2.44. The SMILES string of the molecule is [Cl-].[Cl-].[NH3+]C(=O)c1cccnn1. The molecule has 0 aliphatic carbocycles. The Labute approximate surface area is 76.0 Å². The standard InChI is InChI=1S/C5H5N3O.2ClH/c6-5(9)4-2-1-3-7-8-4;;/h1-3H,(H2,6,9);2*1H/p-1. The van der Waals surface area contributed by atoms with E-state index >= 15 is 0 Å². The molecule has 3 N–H and O–H groups in total. The van der Waals surface area contributed by atoms with Crippen LogP contribution in [0.25, 0.3) is 0 Å². The summed E-state index contributed by atoms with van der Waals surface area (Å²) in [7, 11) is 0. The maximum atomic E-state index is 10.4. The van der Waals surface area contributed by atoms with Gasteiger partial charge < -0.3 is 24.8 Å². The minimum Gasteiger partial charge on any atom is -1.00 e. The second-order valence-corrected chi connectivity index (χ2v) is 1.53. The summed E-state index contributed by atoms with van der Waals surface area (Å²) in [4.78, 5) is 10.4. The van der Waals surface area contributed by atoms with Crippen molar-refractivity contribution >= 4 is 5.91 Å². The Hall–Kier alpha value is -0.710. The van der Waals surface area contributed by atoms with Gasteiger partial charge in [0.1, 0.15) is 0 Å². The van der Waals surface area contributed by atoms with E-state index < -0.39 is 0 Å². The van der Waals surface area contributed by atoms with Crippen molar-refractivity contribution in [2.24, 2.45) is 0 Å². The van der Waals surface area contributed by atoms with E-state index in [1.807, 2.05) is 0 Å². The van der Waals surface area contributed by atoms with Crippen LogP contribution in [0, 0.1) is 0 Å². The predicted octanol–water partition coefficient (Wildman–Crippen LogP) is -7.13. The van der Waals surface area contributed by atoms with Crippen LogP contribution in [-0.4, -0.2) is 16.1 Å². The number of hydrogen-bond donors (Lipinski definition) is 1. The fraction of sp³-hybridized carbons (Fsp3) is 0. The van der Waals surface area contributed by atoms with Crippen molar-refractivity contribution in [3.8, 4) is 0 Å². The van der Waals surface area contributed by atoms with Crippen LogP contribution in [0.15, 0.2) is 18.3 Å². The first kappa shape index (κ1) is 12.9. The van der Waals surface area contributed by atoms with Crippen LogP contribution in [0.5, 0.6) is 0 Å². The van der Waals surface area contributed by atoms with Crippen LogP contribution < -0.4 is 30.5 Å². The molecule has 0 aliphatic rings. The van der Waals surface area contributed by atoms with Gasteiger partial charge in [-0.3, -0.25) is 5.73 Å². The summed E-state index contributed by atoms with van der Waals surface area (Å²) in [6.07, 6.45) is 1.51. The highest BCUT2D eigenvalue weighted by molar-refractivity contribution is 5.82. The van der Waals surface area contributed by atoms with Crippen LogP contribution in [0.4, 0.5) is 0 Å². The normalized spacial score (nSPS) is 7.36. The molecule has 0 fully saturated rings. The number of rotatable bonds is 1. The van der Waals surface area contributed by atoms with Gasteiger partial charge >= 0.3 is 5.91 Å². The van der Waals surface area contributed by atoms with Crippen LogP contribution in [0.1, 0.15) is 10.5 Å². The number of nitrogens with zero attached hydrogens (tertiary/aromatic N) is 2. The first-order chi connectivity index (χ1) is 4.30. The highest BCUT2D eigenvalue weighted by Gasteiger charge is 2.02. The zero-order valence-corrected chi connectivity index (χ0v) is 7.01. The van der Waals surface area contributed by atoms with E-state index in [-0.39, 0.29) is 30.7 Å². The third-order valence-corrected chi connectivity index (χ3v) is 0.858. The van der Waals surface area contributed by atoms with Crippen molar-refractivity contribution in [1.29, 1.82) is 0 Å². The van der Waals surface area contributed by atoms with Crippen molar-refractivity contribution in [2.45, 2.75) is 0 Å². The Balaban J connectivity index is 0. The summed E-state index contributed by atoms with van der Waals surface area (Å²) in [6.45, 7) is 0. The van der Waals surface area contributed by atoms with Crippen LogP contribution in [-0.2, 0) is 0 Å². The van der Waals surface area contributed by atoms with Crippen LogP contribution in [0.3, 0.4) is 0 Å². The maximum Gasteiger partial charge on any atom is 0.361 e. The van der Waals surface area contributed by atoms with Crippen LogP contribution >= 0.6 is 0 Å². The molecule has 0 saturated heterocycles. The number of carbonyl (C=O) groups excluding carboxylic acids is 1. The summed E-state index contributed by atoms with van der Waals surface area (Å²) in [5.41, 5.74) is 3.47. The van der Waals surface area contributed by atoms with Gasteiger partial charge in [0.15, 0.2) is 5.69 Å². The molecule has 62 valence electrons. The minimum absolute atomic E-state index is 0. The smallest absolute Gasteiger partial charge is 0.361 e. The molecular weight excluding hydrogens is 189 g/mol. The van der Waals surface area contributed by atoms with E-state index in [1.54, 1.807) is 12.1 Å². The summed E-state index contributed by atoms with van der Waals surface area (Å²) in [6, 6.07) is 3.22. The topological polar surface area (TPSA) is 70.5 Å². The lowest BCUT2D eigenvalue weighted by atomic mass is 10.4. The highest BCUT2D eigenvalue weighted by Crippen LogP contribution is 1.84. The zero-order valence-electron chi connectivity index (χ0n) is 5.50. The molecule has 0 atom stereocenters. The van der Waals surface area contributed by atoms with Gasteiger partial charge in [0.05, 0.1) is 0 Å². The summed E-state index contributed by atoms with van der Waals surface area (Å²) < 4.78 is 0. The third-order valence-electron chi connectivity index (χ3n) is 0.858. The second kappa shape index (κ2) is 6.03. The van der Waals surface area contributed by atoms with Crippen molar-refractivity contribution < 1.29 is 35.3 Å². The van der Waals surface area contributed by atoms with Crippen LogP contribution in [0.2, 0.25) is 0 Å². The van der Waals surface area contributed by atoms with Gasteiger partial charge in [-0.2, -0.15) is 5.10 Å². The van der Waals surface area contributed by atoms with Gasteiger partial charge in [0.25, 0.3) is 0 Å². The quantitative estimate of drug-likeness (QED) is 0.484. The molecule has 1 heterocycles. The second-order valence-electron chi connectivity index (χ2n) is 1.53. The molecule has 6 heteroatoms. The minimum atomic E-state index is -0.303. The molecule has 0 aromatic carbocycles. The van der Waals surface area contributed by atoms with E-state index in [0.717, 1.165) is 0 Å². The molecule has 1 aromatic rings. The number of aromatic nitrogens is 2. The number of hydrogen-bond acceptors (Lipinski definition) is 3. The fourth-order valence-corrected chi connectivity index (χ4v) is 0.450. The van der Waals surface area contributed by atoms with Gasteiger partial charge in [-0.1, -0.05) is 0 Å². The Morgan fingerprint density at radius 2 is 2.09 bits per heavy atom. The predicted molar refractivity (Wildman–Crippen MR) is 29.3 cm³/mol. The van der Waals surface area contributed by atoms with Gasteiger partial charge in [-0.15, -0.1) is 5.10 Å². The molecule has 1 aromatic heterocycles. The Kier molecular flexibility index (Phi) is 7.08. The highest BCUT2D eigenvalue weighted by atomic mass is 35.5. The van der Waals surface area contributed by atoms with Gasteiger partial charge in [-0.25, -0.2) is 4.79 Å². The molecule has 0 spiro atoms. The van der Waals surface area contributed by atoms with E-state index in [2.05, 4.69) is 15.9 Å². The number of halogens is 2. The molecule has 4 nitrogen and oxygen atoms in total. The number of amides is 1. The molecular formula is C5H6Cl2N3O-. The van der Waals surface area contributed by atoms with E-state index in [1.165, 1.54) is 6.20 Å². The Bertz CT molecular complexity index is 216. The first-order valence-electron chi connectivity index (χ1n) is 2.44. The van der Waals surface area contributed by atoms with E-state index in [4.69, 9.17) is 0 Å². The average Bonchev–Trinajstić information content (AvgIpc) is 1.90. The van der Waals surface area contributed by atoms with E-state index in [9.17, 15) is 4.79 Å². The summed E-state index contributed by atoms with van der Waals surface area (Å²) in [5.74, 6) is -0.303. The monoisotopic (exact) mass is 194 g/mol. The molecule has 0 bridgehead atoms. The molecule has 0 aliphatic heterocycles. The van der Waals surface area contributed by atoms with Gasteiger partial charge in [-0.05, 0) is 12.1 Å². The van der Waals surface area contributed by atoms with Crippen molar-refractivity contribution in [3.63, 3.8) is 0 Å². The fourth-order valence-electron chi connectivity index (χ4n) is 0.450. The van der Waals surface area contributed by atoms with Crippen molar-refractivity contribution in [1.82, 2.24) is 10.2 Å². The van der Waals surface area contributed by atoms with E-state index in [0.29, 0.717) is 5.69 Å². The lowest BCUT2D eigenvalue weighted by molar-refractivity contribution is -0.255. The van der Waals surface area contributed by atoms with Crippen molar-refractivity contribution in [3.05, 3.63) is 24.0 Å². The molecule has 0 saturated carbocycles. The lowest BCUT2D eigenvalue weighted by Gasteiger charge is -1.83. The summed E-state index contributed by atoms with van der Waals surface area (Å²) >= 11 is 0. The largest absolute Gasteiger partial charge is 1.00 e. The molecule has 1 amide bonds. The lowest BCUT2D eigenvalue weighted by Crippen LogP contribution is -3.00. The number of quaternary nitrogens is 1. The third kappa shape index (κ3) is 3.87. The Morgan fingerprint density at radius 1 is 1.45 bits per heavy atom. The molecule has 1 rings (SSSR count). The van der Waals surface area contributed by atoms with Crippen molar-refractivity contribution in [2.75, 3.05) is 0 Å². The Morgan fingerprint density at radius 3 is 2.36 bits per heavy atom. The van der Waals surface area contributed by atoms with Gasteiger partial charge in [0, 0.05) is 6.20 Å². The molecule has 0 radical (unpaired) electrons. The average molecular weight is 195 g/mol. The summed E-state index contributed by atoms with van der Waals surface area (Å²) in [5, 5.41) is 7.01.